The Hall–Kier alpha value is -0.940. The van der Waals surface area contributed by atoms with E-state index in [2.05, 4.69) is 20.3 Å². The molecule has 0 atom stereocenters. The molecule has 0 saturated heterocycles. The number of nitrogens with one attached hydrogen (secondary N) is 3. The van der Waals surface area contributed by atoms with E-state index >= 15 is 0 Å². The average Bonchev–Trinajstić information content (AvgIpc) is 3.39. The van der Waals surface area contributed by atoms with Crippen molar-refractivity contribution in [2.75, 3.05) is 31.9 Å². The molecule has 9 heteroatoms. The number of guanidine groups is 1. The molecule has 2 fully saturated rings. The molecule has 1 aromatic rings. The van der Waals surface area contributed by atoms with E-state index in [4.69, 9.17) is 0 Å². The van der Waals surface area contributed by atoms with Gasteiger partial charge in [0.1, 0.15) is 5.82 Å². The highest BCUT2D eigenvalue weighted by molar-refractivity contribution is 14.0. The maximum Gasteiger partial charge on any atom is 0.213 e. The van der Waals surface area contributed by atoms with Crippen LogP contribution in [0.25, 0.3) is 0 Å². The van der Waals surface area contributed by atoms with Crippen molar-refractivity contribution in [3.8, 4) is 0 Å². The van der Waals surface area contributed by atoms with E-state index in [0.717, 1.165) is 31.2 Å². The summed E-state index contributed by atoms with van der Waals surface area (Å²) < 4.78 is 40.5. The van der Waals surface area contributed by atoms with Gasteiger partial charge in [-0.2, -0.15) is 0 Å². The van der Waals surface area contributed by atoms with Gasteiger partial charge in [-0.15, -0.1) is 24.0 Å². The van der Waals surface area contributed by atoms with E-state index in [-0.39, 0.29) is 41.0 Å². The monoisotopic (exact) mass is 538 g/mol. The van der Waals surface area contributed by atoms with E-state index in [1.807, 2.05) is 13.0 Å². The number of hydrogen-bond donors (Lipinski definition) is 3. The average molecular weight is 538 g/mol. The molecule has 2 aliphatic rings. The molecule has 0 aromatic heterocycles. The van der Waals surface area contributed by atoms with Gasteiger partial charge in [0.05, 0.1) is 12.3 Å². The van der Waals surface area contributed by atoms with Crippen LogP contribution in [-0.2, 0) is 15.4 Å². The maximum atomic E-state index is 13.5. The van der Waals surface area contributed by atoms with Gasteiger partial charge in [0.2, 0.25) is 10.0 Å². The maximum absolute atomic E-state index is 13.5. The summed E-state index contributed by atoms with van der Waals surface area (Å²) in [6.45, 7) is 4.04. The topological polar surface area (TPSA) is 82.6 Å². The fourth-order valence-corrected chi connectivity index (χ4v) is 4.40. The van der Waals surface area contributed by atoms with Crippen LogP contribution < -0.4 is 15.4 Å². The summed E-state index contributed by atoms with van der Waals surface area (Å²) in [5.41, 5.74) is 0.885. The summed E-state index contributed by atoms with van der Waals surface area (Å²) >= 11 is 0. The number of nitrogens with zero attached hydrogens (tertiary/aromatic N) is 1. The summed E-state index contributed by atoms with van der Waals surface area (Å²) in [5.74, 6) is 0.884. The molecule has 0 radical (unpaired) electrons. The van der Waals surface area contributed by atoms with Crippen molar-refractivity contribution in [2.24, 2.45) is 10.9 Å². The van der Waals surface area contributed by atoms with Gasteiger partial charge in [-0.1, -0.05) is 18.6 Å². The highest BCUT2D eigenvalue weighted by Gasteiger charge is 2.44. The van der Waals surface area contributed by atoms with Gasteiger partial charge in [0, 0.05) is 25.0 Å². The summed E-state index contributed by atoms with van der Waals surface area (Å²) in [7, 11) is -3.28. The van der Waals surface area contributed by atoms with Crippen molar-refractivity contribution >= 4 is 40.0 Å². The van der Waals surface area contributed by atoms with Gasteiger partial charge in [0.15, 0.2) is 5.96 Å². The normalized spacial score (nSPS) is 18.5. The van der Waals surface area contributed by atoms with Crippen LogP contribution in [0.15, 0.2) is 29.3 Å². The zero-order valence-corrected chi connectivity index (χ0v) is 20.1. The summed E-state index contributed by atoms with van der Waals surface area (Å²) in [4.78, 5) is 4.63. The lowest BCUT2D eigenvalue weighted by Gasteiger charge is -2.25. The second kappa shape index (κ2) is 10.9. The number of aliphatic imine (C=N–C) groups is 1. The Morgan fingerprint density at radius 3 is 2.62 bits per heavy atom. The number of benzene rings is 1. The Labute approximate surface area is 190 Å². The molecule has 0 aliphatic heterocycles. The standard InChI is InChI=1S/C20H31FN4O2S.HI/c1-2-22-19(23-11-12-28(26,27)25-14-16-5-3-6-16)24-15-20(9-10-20)17-7-4-8-18(21)13-17;/h4,7-8,13,16,25H,2-3,5-6,9-12,14-15H2,1H3,(H2,22,23,24);1H. The Kier molecular flexibility index (Phi) is 9.15. The van der Waals surface area contributed by atoms with Crippen molar-refractivity contribution in [3.63, 3.8) is 0 Å². The van der Waals surface area contributed by atoms with Gasteiger partial charge in [-0.05, 0) is 56.2 Å². The molecule has 1 aromatic carbocycles. The minimum absolute atomic E-state index is 0. The first-order valence-corrected chi connectivity index (χ1v) is 11.8. The predicted molar refractivity (Wildman–Crippen MR) is 126 cm³/mol. The van der Waals surface area contributed by atoms with Crippen molar-refractivity contribution < 1.29 is 12.8 Å². The molecule has 2 aliphatic carbocycles. The fourth-order valence-electron chi connectivity index (χ4n) is 3.40. The quantitative estimate of drug-likeness (QED) is 0.243. The molecule has 164 valence electrons. The lowest BCUT2D eigenvalue weighted by molar-refractivity contribution is 0.316. The van der Waals surface area contributed by atoms with Crippen LogP contribution in [0.1, 0.15) is 44.6 Å². The third-order valence-corrected chi connectivity index (χ3v) is 7.00. The van der Waals surface area contributed by atoms with E-state index < -0.39 is 10.0 Å². The Balaban J connectivity index is 0.00000300. The smallest absolute Gasteiger partial charge is 0.213 e. The second-order valence-electron chi connectivity index (χ2n) is 7.88. The number of hydrogen-bond acceptors (Lipinski definition) is 3. The minimum atomic E-state index is -3.28. The zero-order chi connectivity index (χ0) is 20.0. The van der Waals surface area contributed by atoms with Gasteiger partial charge < -0.3 is 10.6 Å². The number of halogens is 2. The van der Waals surface area contributed by atoms with E-state index in [1.165, 1.54) is 12.5 Å². The van der Waals surface area contributed by atoms with Crippen molar-refractivity contribution in [1.82, 2.24) is 15.4 Å². The molecule has 0 amide bonds. The number of rotatable bonds is 10. The molecule has 6 nitrogen and oxygen atoms in total. The summed E-state index contributed by atoms with van der Waals surface area (Å²) in [6, 6.07) is 6.73. The van der Waals surface area contributed by atoms with E-state index in [0.29, 0.717) is 38.1 Å². The van der Waals surface area contributed by atoms with E-state index in [9.17, 15) is 12.8 Å². The third-order valence-electron chi connectivity index (χ3n) is 5.65. The second-order valence-corrected chi connectivity index (χ2v) is 9.80. The Bertz CT molecular complexity index is 795. The van der Waals surface area contributed by atoms with Gasteiger partial charge >= 0.3 is 0 Å². The van der Waals surface area contributed by atoms with E-state index in [1.54, 1.807) is 12.1 Å². The first kappa shape index (κ1) is 24.3. The molecular formula is C20H32FIN4O2S. The molecule has 0 bridgehead atoms. The third kappa shape index (κ3) is 7.36. The molecule has 0 heterocycles. The molecule has 3 rings (SSSR count). The van der Waals surface area contributed by atoms with Crippen LogP contribution in [0.3, 0.4) is 0 Å². The SMILES string of the molecule is CCNC(=NCC1(c2cccc(F)c2)CC1)NCCS(=O)(=O)NCC1CCC1.I. The highest BCUT2D eigenvalue weighted by Crippen LogP contribution is 2.48. The molecule has 3 N–H and O–H groups in total. The van der Waals surface area contributed by atoms with Gasteiger partial charge in [-0.3, -0.25) is 4.99 Å². The van der Waals surface area contributed by atoms with Crippen LogP contribution in [0.5, 0.6) is 0 Å². The molecule has 0 spiro atoms. The molecule has 29 heavy (non-hydrogen) atoms. The summed E-state index contributed by atoms with van der Waals surface area (Å²) in [5, 5.41) is 6.25. The Morgan fingerprint density at radius 2 is 2.03 bits per heavy atom. The fraction of sp³-hybridized carbons (Fsp3) is 0.650. The lowest BCUT2D eigenvalue weighted by Crippen LogP contribution is -2.42. The summed E-state index contributed by atoms with van der Waals surface area (Å²) in [6.07, 6.45) is 5.40. The molecular weight excluding hydrogens is 506 g/mol. The predicted octanol–water partition coefficient (Wildman–Crippen LogP) is 2.75. The van der Waals surface area contributed by atoms with Crippen molar-refractivity contribution in [3.05, 3.63) is 35.6 Å². The van der Waals surface area contributed by atoms with Crippen LogP contribution in [0, 0.1) is 11.7 Å². The first-order valence-electron chi connectivity index (χ1n) is 10.2. The molecule has 2 saturated carbocycles. The van der Waals surface area contributed by atoms with Crippen LogP contribution >= 0.6 is 24.0 Å². The van der Waals surface area contributed by atoms with Crippen LogP contribution in [-0.4, -0.2) is 46.3 Å². The highest BCUT2D eigenvalue weighted by atomic mass is 127. The first-order chi connectivity index (χ1) is 13.4. The zero-order valence-electron chi connectivity index (χ0n) is 16.9. The van der Waals surface area contributed by atoms with Crippen LogP contribution in [0.4, 0.5) is 4.39 Å². The van der Waals surface area contributed by atoms with Gasteiger partial charge in [0.25, 0.3) is 0 Å². The van der Waals surface area contributed by atoms with Crippen LogP contribution in [0.2, 0.25) is 0 Å². The minimum Gasteiger partial charge on any atom is -0.357 e. The number of sulfonamides is 1. The Morgan fingerprint density at radius 1 is 1.28 bits per heavy atom. The van der Waals surface area contributed by atoms with Crippen molar-refractivity contribution in [2.45, 2.75) is 44.4 Å². The van der Waals surface area contributed by atoms with Crippen molar-refractivity contribution in [1.29, 1.82) is 0 Å². The largest absolute Gasteiger partial charge is 0.357 e. The van der Waals surface area contributed by atoms with Gasteiger partial charge in [-0.25, -0.2) is 17.5 Å². The lowest BCUT2D eigenvalue weighted by atomic mass is 9.86. The molecule has 0 unspecified atom stereocenters.